The van der Waals surface area contributed by atoms with Gasteiger partial charge in [-0.25, -0.2) is 4.98 Å². The van der Waals surface area contributed by atoms with Crippen molar-refractivity contribution in [2.75, 3.05) is 13.2 Å². The lowest BCUT2D eigenvalue weighted by Crippen LogP contribution is -2.27. The van der Waals surface area contributed by atoms with Crippen molar-refractivity contribution < 1.29 is 9.53 Å². The van der Waals surface area contributed by atoms with E-state index >= 15 is 0 Å². The van der Waals surface area contributed by atoms with Gasteiger partial charge in [0.15, 0.2) is 0 Å². The molecule has 0 atom stereocenters. The van der Waals surface area contributed by atoms with E-state index < -0.39 is 0 Å². The summed E-state index contributed by atoms with van der Waals surface area (Å²) in [6.45, 7) is 2.92. The van der Waals surface area contributed by atoms with Gasteiger partial charge in [-0.2, -0.15) is 5.10 Å². The zero-order valence-electron chi connectivity index (χ0n) is 11.4. The van der Waals surface area contributed by atoms with Gasteiger partial charge >= 0.3 is 0 Å². The molecule has 6 nitrogen and oxygen atoms in total. The van der Waals surface area contributed by atoms with Crippen molar-refractivity contribution in [3.63, 3.8) is 0 Å². The van der Waals surface area contributed by atoms with Gasteiger partial charge in [-0.3, -0.25) is 9.89 Å². The number of hydrogen-bond acceptors (Lipinski definition) is 4. The van der Waals surface area contributed by atoms with Crippen LogP contribution in [0.5, 0.6) is 5.75 Å². The molecule has 0 aliphatic heterocycles. The number of carbonyl (C=O) groups excluding carboxylic acids is 1. The fourth-order valence-electron chi connectivity index (χ4n) is 1.73. The van der Waals surface area contributed by atoms with Crippen molar-refractivity contribution in [3.8, 4) is 5.75 Å². The van der Waals surface area contributed by atoms with Gasteiger partial charge in [-0.05, 0) is 24.6 Å². The maximum absolute atomic E-state index is 11.6. The highest BCUT2D eigenvalue weighted by Crippen LogP contribution is 2.12. The SMILES string of the molecule is Cc1cccc(OCCC(=O)NCCc2ncn[nH]2)c1. The molecule has 106 valence electrons. The summed E-state index contributed by atoms with van der Waals surface area (Å²) in [5.41, 5.74) is 1.14. The Hall–Kier alpha value is -2.37. The van der Waals surface area contributed by atoms with Crippen LogP contribution in [0.25, 0.3) is 0 Å². The maximum Gasteiger partial charge on any atom is 0.223 e. The van der Waals surface area contributed by atoms with Crippen LogP contribution in [-0.2, 0) is 11.2 Å². The summed E-state index contributed by atoms with van der Waals surface area (Å²) in [5.74, 6) is 1.53. The summed E-state index contributed by atoms with van der Waals surface area (Å²) in [6, 6.07) is 7.77. The molecule has 0 aliphatic rings. The standard InChI is InChI=1S/C14H18N4O2/c1-11-3-2-4-12(9-11)20-8-6-14(19)15-7-5-13-16-10-17-18-13/h2-4,9-10H,5-8H2,1H3,(H,15,19)(H,16,17,18). The number of H-pyrrole nitrogens is 1. The number of hydrogen-bond donors (Lipinski definition) is 2. The van der Waals surface area contributed by atoms with Gasteiger partial charge < -0.3 is 10.1 Å². The highest BCUT2D eigenvalue weighted by Gasteiger charge is 2.03. The number of benzene rings is 1. The zero-order valence-corrected chi connectivity index (χ0v) is 11.4. The molecule has 1 aromatic heterocycles. The lowest BCUT2D eigenvalue weighted by atomic mass is 10.2. The fourth-order valence-corrected chi connectivity index (χ4v) is 1.73. The average Bonchev–Trinajstić information content (AvgIpc) is 2.92. The Morgan fingerprint density at radius 2 is 2.35 bits per heavy atom. The minimum atomic E-state index is -0.0304. The van der Waals surface area contributed by atoms with Gasteiger partial charge in [0, 0.05) is 13.0 Å². The monoisotopic (exact) mass is 274 g/mol. The van der Waals surface area contributed by atoms with Crippen molar-refractivity contribution >= 4 is 5.91 Å². The van der Waals surface area contributed by atoms with Crippen molar-refractivity contribution in [1.29, 1.82) is 0 Å². The highest BCUT2D eigenvalue weighted by atomic mass is 16.5. The molecular formula is C14H18N4O2. The number of aromatic amines is 1. The van der Waals surface area contributed by atoms with E-state index in [0.717, 1.165) is 17.1 Å². The third-order valence-electron chi connectivity index (χ3n) is 2.74. The van der Waals surface area contributed by atoms with Crippen molar-refractivity contribution in [2.45, 2.75) is 19.8 Å². The molecule has 2 N–H and O–H groups in total. The fraction of sp³-hybridized carbons (Fsp3) is 0.357. The molecule has 0 bridgehead atoms. The Morgan fingerprint density at radius 1 is 1.45 bits per heavy atom. The first-order valence-electron chi connectivity index (χ1n) is 6.54. The lowest BCUT2D eigenvalue weighted by molar-refractivity contribution is -0.121. The van der Waals surface area contributed by atoms with Gasteiger partial charge in [-0.15, -0.1) is 0 Å². The van der Waals surface area contributed by atoms with E-state index in [1.807, 2.05) is 31.2 Å². The van der Waals surface area contributed by atoms with Crippen LogP contribution >= 0.6 is 0 Å². The molecular weight excluding hydrogens is 256 g/mol. The van der Waals surface area contributed by atoms with E-state index in [-0.39, 0.29) is 5.91 Å². The second kappa shape index (κ2) is 7.28. The number of aromatic nitrogens is 3. The summed E-state index contributed by atoms with van der Waals surface area (Å²) >= 11 is 0. The lowest BCUT2D eigenvalue weighted by Gasteiger charge is -2.07. The molecule has 2 rings (SSSR count). The second-order valence-electron chi connectivity index (χ2n) is 4.45. The Labute approximate surface area is 117 Å². The molecule has 0 unspecified atom stereocenters. The van der Waals surface area contributed by atoms with E-state index in [9.17, 15) is 4.79 Å². The smallest absolute Gasteiger partial charge is 0.223 e. The molecule has 0 saturated heterocycles. The first kappa shape index (κ1) is 14.0. The van der Waals surface area contributed by atoms with Crippen LogP contribution in [0.15, 0.2) is 30.6 Å². The number of rotatable bonds is 7. The van der Waals surface area contributed by atoms with Crippen LogP contribution in [0.2, 0.25) is 0 Å². The predicted octanol–water partition coefficient (Wildman–Crippen LogP) is 1.24. The number of aryl methyl sites for hydroxylation is 1. The Morgan fingerprint density at radius 3 is 3.10 bits per heavy atom. The number of nitrogens with zero attached hydrogens (tertiary/aromatic N) is 2. The summed E-state index contributed by atoms with van der Waals surface area (Å²) in [5, 5.41) is 9.30. The summed E-state index contributed by atoms with van der Waals surface area (Å²) in [6.07, 6.45) is 2.43. The van der Waals surface area contributed by atoms with Gasteiger partial charge in [-0.1, -0.05) is 12.1 Å². The molecule has 0 spiro atoms. The minimum Gasteiger partial charge on any atom is -0.493 e. The molecule has 0 aliphatic carbocycles. The predicted molar refractivity (Wildman–Crippen MR) is 74.4 cm³/mol. The number of amides is 1. The largest absolute Gasteiger partial charge is 0.493 e. The van der Waals surface area contributed by atoms with Gasteiger partial charge in [0.2, 0.25) is 5.91 Å². The Balaban J connectivity index is 1.60. The van der Waals surface area contributed by atoms with E-state index in [4.69, 9.17) is 4.74 Å². The molecule has 0 saturated carbocycles. The maximum atomic E-state index is 11.6. The summed E-state index contributed by atoms with van der Waals surface area (Å²) in [7, 11) is 0. The zero-order chi connectivity index (χ0) is 14.2. The first-order chi connectivity index (χ1) is 9.74. The molecule has 1 amide bonds. The topological polar surface area (TPSA) is 79.9 Å². The van der Waals surface area contributed by atoms with Crippen LogP contribution in [0.3, 0.4) is 0 Å². The summed E-state index contributed by atoms with van der Waals surface area (Å²) < 4.78 is 5.52. The normalized spacial score (nSPS) is 10.2. The van der Waals surface area contributed by atoms with E-state index in [2.05, 4.69) is 20.5 Å². The molecule has 20 heavy (non-hydrogen) atoms. The Kier molecular flexibility index (Phi) is 5.11. The van der Waals surface area contributed by atoms with E-state index in [1.54, 1.807) is 0 Å². The van der Waals surface area contributed by atoms with Crippen LogP contribution < -0.4 is 10.1 Å². The quantitative estimate of drug-likeness (QED) is 0.796. The molecule has 6 heteroatoms. The molecule has 0 radical (unpaired) electrons. The van der Waals surface area contributed by atoms with Crippen molar-refractivity contribution in [2.24, 2.45) is 0 Å². The van der Waals surface area contributed by atoms with Crippen molar-refractivity contribution in [3.05, 3.63) is 42.0 Å². The van der Waals surface area contributed by atoms with Crippen LogP contribution in [0.4, 0.5) is 0 Å². The van der Waals surface area contributed by atoms with Crippen LogP contribution in [0, 0.1) is 6.92 Å². The Bertz CT molecular complexity index is 540. The molecule has 0 fully saturated rings. The molecule has 2 aromatic rings. The third kappa shape index (κ3) is 4.72. The van der Waals surface area contributed by atoms with E-state index in [1.165, 1.54) is 6.33 Å². The highest BCUT2D eigenvalue weighted by molar-refractivity contribution is 5.75. The number of nitrogens with one attached hydrogen (secondary N) is 2. The molecule has 1 aromatic carbocycles. The van der Waals surface area contributed by atoms with Gasteiger partial charge in [0.1, 0.15) is 17.9 Å². The van der Waals surface area contributed by atoms with Gasteiger partial charge in [0.05, 0.1) is 13.0 Å². The first-order valence-corrected chi connectivity index (χ1v) is 6.54. The minimum absolute atomic E-state index is 0.0304. The van der Waals surface area contributed by atoms with Crippen molar-refractivity contribution in [1.82, 2.24) is 20.5 Å². The number of ether oxygens (including phenoxy) is 1. The molecule has 1 heterocycles. The average molecular weight is 274 g/mol. The third-order valence-corrected chi connectivity index (χ3v) is 2.74. The van der Waals surface area contributed by atoms with Gasteiger partial charge in [0.25, 0.3) is 0 Å². The number of carbonyl (C=O) groups is 1. The second-order valence-corrected chi connectivity index (χ2v) is 4.45. The van der Waals surface area contributed by atoms with Crippen LogP contribution in [-0.4, -0.2) is 34.2 Å². The summed E-state index contributed by atoms with van der Waals surface area (Å²) in [4.78, 5) is 15.6. The van der Waals surface area contributed by atoms with E-state index in [0.29, 0.717) is 26.0 Å². The van der Waals surface area contributed by atoms with Crippen LogP contribution in [0.1, 0.15) is 17.8 Å².